The lowest BCUT2D eigenvalue weighted by Crippen LogP contribution is -2.26. The molecule has 0 saturated carbocycles. The second-order valence-electron chi connectivity index (χ2n) is 4.50. The van der Waals surface area contributed by atoms with Gasteiger partial charge in [-0.05, 0) is 36.6 Å². The molecule has 6 heteroatoms. The predicted molar refractivity (Wildman–Crippen MR) is 69.8 cm³/mol. The van der Waals surface area contributed by atoms with E-state index in [4.69, 9.17) is 0 Å². The van der Waals surface area contributed by atoms with Crippen LogP contribution in [0.1, 0.15) is 30.1 Å². The van der Waals surface area contributed by atoms with Gasteiger partial charge < -0.3 is 20.0 Å². The number of ether oxygens (including phenoxy) is 1. The smallest absolute Gasteiger partial charge is 0.337 e. The number of aliphatic carboxylic acids is 1. The number of carboxylic acids is 1. The summed E-state index contributed by atoms with van der Waals surface area (Å²) in [5.41, 5.74) is 0.916. The zero-order valence-electron chi connectivity index (χ0n) is 11.3. The normalized spacial score (nSPS) is 11.5. The van der Waals surface area contributed by atoms with Gasteiger partial charge in [0.15, 0.2) is 0 Å². The van der Waals surface area contributed by atoms with Gasteiger partial charge in [0, 0.05) is 18.1 Å². The standard InChI is InChI=1S/C14H17NO5/c1-9(8-13(17)18)7-12(16)15-11-5-3-10(4-6-11)14(19)20-2/h3-6,9H,7-8H2,1-2H3,(H,15,16)(H,17,18)/p-1/t9-/m0/s1. The maximum absolute atomic E-state index is 11.7. The van der Waals surface area contributed by atoms with Crippen LogP contribution in [0.15, 0.2) is 24.3 Å². The Balaban J connectivity index is 2.54. The van der Waals surface area contributed by atoms with Gasteiger partial charge in [-0.1, -0.05) is 6.92 Å². The van der Waals surface area contributed by atoms with E-state index in [9.17, 15) is 19.5 Å². The van der Waals surface area contributed by atoms with Crippen LogP contribution in [0, 0.1) is 5.92 Å². The summed E-state index contributed by atoms with van der Waals surface area (Å²) in [6.45, 7) is 1.66. The molecule has 0 spiro atoms. The third-order valence-electron chi connectivity index (χ3n) is 2.64. The summed E-state index contributed by atoms with van der Waals surface area (Å²) >= 11 is 0. The first-order chi connectivity index (χ1) is 9.42. The molecule has 6 nitrogen and oxygen atoms in total. The molecule has 1 aromatic carbocycles. The van der Waals surface area contributed by atoms with Crippen molar-refractivity contribution in [1.29, 1.82) is 0 Å². The van der Waals surface area contributed by atoms with E-state index in [1.807, 2.05) is 0 Å². The number of amides is 1. The number of esters is 1. The lowest BCUT2D eigenvalue weighted by molar-refractivity contribution is -0.306. The van der Waals surface area contributed by atoms with Crippen LogP contribution >= 0.6 is 0 Å². The van der Waals surface area contributed by atoms with Gasteiger partial charge in [0.2, 0.25) is 5.91 Å². The second kappa shape index (κ2) is 7.28. The monoisotopic (exact) mass is 278 g/mol. The Morgan fingerprint density at radius 2 is 1.80 bits per heavy atom. The molecule has 0 unspecified atom stereocenters. The molecular weight excluding hydrogens is 262 g/mol. The minimum absolute atomic E-state index is 0.0900. The Kier molecular flexibility index (Phi) is 5.71. The summed E-state index contributed by atoms with van der Waals surface area (Å²) in [5.74, 6) is -2.21. The number of carboxylic acid groups (broad SMARTS) is 1. The molecule has 0 aliphatic carbocycles. The van der Waals surface area contributed by atoms with Crippen LogP contribution in [0.3, 0.4) is 0 Å². The first-order valence-electron chi connectivity index (χ1n) is 6.10. The van der Waals surface area contributed by atoms with Crippen LogP contribution in [0.4, 0.5) is 5.69 Å². The van der Waals surface area contributed by atoms with Crippen molar-refractivity contribution >= 4 is 23.5 Å². The molecule has 0 aromatic heterocycles. The fourth-order valence-electron chi connectivity index (χ4n) is 1.69. The first-order valence-corrected chi connectivity index (χ1v) is 6.10. The maximum atomic E-state index is 11.7. The fraction of sp³-hybridized carbons (Fsp3) is 0.357. The summed E-state index contributed by atoms with van der Waals surface area (Å²) in [4.78, 5) is 33.3. The van der Waals surface area contributed by atoms with Crippen molar-refractivity contribution in [3.05, 3.63) is 29.8 Å². The Bertz CT molecular complexity index is 495. The lowest BCUT2D eigenvalue weighted by Gasteiger charge is -2.12. The van der Waals surface area contributed by atoms with E-state index < -0.39 is 11.9 Å². The molecule has 0 aliphatic rings. The number of hydrogen-bond acceptors (Lipinski definition) is 5. The second-order valence-corrected chi connectivity index (χ2v) is 4.50. The van der Waals surface area contributed by atoms with Crippen LogP contribution in [0.25, 0.3) is 0 Å². The molecule has 0 radical (unpaired) electrons. The maximum Gasteiger partial charge on any atom is 0.337 e. The molecule has 1 amide bonds. The predicted octanol–water partition coefficient (Wildman–Crippen LogP) is 0.578. The Morgan fingerprint density at radius 3 is 2.30 bits per heavy atom. The Morgan fingerprint density at radius 1 is 1.20 bits per heavy atom. The summed E-state index contributed by atoms with van der Waals surface area (Å²) in [6.07, 6.45) is -0.0680. The fourth-order valence-corrected chi connectivity index (χ4v) is 1.69. The molecule has 1 rings (SSSR count). The zero-order valence-corrected chi connectivity index (χ0v) is 11.3. The van der Waals surface area contributed by atoms with Crippen molar-refractivity contribution in [2.75, 3.05) is 12.4 Å². The number of anilines is 1. The van der Waals surface area contributed by atoms with E-state index in [-0.39, 0.29) is 24.7 Å². The minimum Gasteiger partial charge on any atom is -0.550 e. The van der Waals surface area contributed by atoms with E-state index in [1.54, 1.807) is 19.1 Å². The van der Waals surface area contributed by atoms with Gasteiger partial charge in [-0.15, -0.1) is 0 Å². The van der Waals surface area contributed by atoms with Gasteiger partial charge in [0.1, 0.15) is 0 Å². The van der Waals surface area contributed by atoms with Gasteiger partial charge >= 0.3 is 5.97 Å². The quantitative estimate of drug-likeness (QED) is 0.768. The molecule has 0 bridgehead atoms. The minimum atomic E-state index is -1.17. The first kappa shape index (κ1) is 15.7. The van der Waals surface area contributed by atoms with Crippen molar-refractivity contribution < 1.29 is 24.2 Å². The highest BCUT2D eigenvalue weighted by molar-refractivity contribution is 5.93. The summed E-state index contributed by atoms with van der Waals surface area (Å²) in [7, 11) is 1.29. The summed E-state index contributed by atoms with van der Waals surface area (Å²) in [6, 6.07) is 6.22. The zero-order chi connectivity index (χ0) is 15.1. The van der Waals surface area contributed by atoms with Gasteiger partial charge in [0.05, 0.1) is 12.7 Å². The summed E-state index contributed by atoms with van der Waals surface area (Å²) in [5, 5.41) is 13.0. The van der Waals surface area contributed by atoms with Crippen molar-refractivity contribution in [3.63, 3.8) is 0 Å². The van der Waals surface area contributed by atoms with Crippen LogP contribution in [-0.2, 0) is 14.3 Å². The molecule has 0 heterocycles. The number of carbonyl (C=O) groups excluding carboxylic acids is 3. The molecule has 0 saturated heterocycles. The average Bonchev–Trinajstić information content (AvgIpc) is 2.37. The van der Waals surface area contributed by atoms with Crippen LogP contribution in [-0.4, -0.2) is 25.0 Å². The molecule has 108 valence electrons. The molecule has 1 N–H and O–H groups in total. The largest absolute Gasteiger partial charge is 0.550 e. The highest BCUT2D eigenvalue weighted by atomic mass is 16.5. The number of benzene rings is 1. The number of nitrogens with one attached hydrogen (secondary N) is 1. The Labute approximate surface area is 116 Å². The number of hydrogen-bond donors (Lipinski definition) is 1. The van der Waals surface area contributed by atoms with E-state index in [2.05, 4.69) is 10.1 Å². The van der Waals surface area contributed by atoms with Crippen LogP contribution < -0.4 is 10.4 Å². The van der Waals surface area contributed by atoms with Crippen LogP contribution in [0.5, 0.6) is 0 Å². The SMILES string of the molecule is COC(=O)c1ccc(NC(=O)C[C@H](C)CC(=O)[O-])cc1. The molecule has 1 aromatic rings. The van der Waals surface area contributed by atoms with Gasteiger partial charge in [-0.2, -0.15) is 0 Å². The highest BCUT2D eigenvalue weighted by Gasteiger charge is 2.10. The molecular formula is C14H16NO5-. The third-order valence-corrected chi connectivity index (χ3v) is 2.64. The van der Waals surface area contributed by atoms with Gasteiger partial charge in [-0.3, -0.25) is 4.79 Å². The number of carbonyl (C=O) groups is 3. The summed E-state index contributed by atoms with van der Waals surface area (Å²) < 4.78 is 4.56. The topological polar surface area (TPSA) is 95.5 Å². The van der Waals surface area contributed by atoms with Crippen molar-refractivity contribution in [2.45, 2.75) is 19.8 Å². The molecule has 1 atom stereocenters. The van der Waals surface area contributed by atoms with E-state index >= 15 is 0 Å². The third kappa shape index (κ3) is 5.09. The van der Waals surface area contributed by atoms with Crippen molar-refractivity contribution in [3.8, 4) is 0 Å². The molecule has 0 aliphatic heterocycles. The van der Waals surface area contributed by atoms with Crippen molar-refractivity contribution in [2.24, 2.45) is 5.92 Å². The van der Waals surface area contributed by atoms with Gasteiger partial charge in [0.25, 0.3) is 0 Å². The molecule has 0 fully saturated rings. The number of methoxy groups -OCH3 is 1. The number of rotatable bonds is 6. The van der Waals surface area contributed by atoms with E-state index in [1.165, 1.54) is 19.2 Å². The van der Waals surface area contributed by atoms with Gasteiger partial charge in [-0.25, -0.2) is 4.79 Å². The van der Waals surface area contributed by atoms with Crippen molar-refractivity contribution in [1.82, 2.24) is 0 Å². The average molecular weight is 278 g/mol. The Hall–Kier alpha value is -2.37. The van der Waals surface area contributed by atoms with Crippen LogP contribution in [0.2, 0.25) is 0 Å². The van der Waals surface area contributed by atoms with E-state index in [0.29, 0.717) is 11.3 Å². The highest BCUT2D eigenvalue weighted by Crippen LogP contribution is 2.13. The molecule has 20 heavy (non-hydrogen) atoms. The lowest BCUT2D eigenvalue weighted by atomic mass is 10.0. The van der Waals surface area contributed by atoms with E-state index in [0.717, 1.165) is 0 Å².